The largest absolute Gasteiger partial charge is 0.508 e. The number of aromatic hydroxyl groups is 1. The van der Waals surface area contributed by atoms with E-state index in [1.165, 1.54) is 0 Å². The second-order valence-electron chi connectivity index (χ2n) is 3.53. The Hall–Kier alpha value is -1.35. The first-order valence-corrected chi connectivity index (χ1v) is 4.80. The molecule has 1 aromatic rings. The first kappa shape index (κ1) is 9.21. The van der Waals surface area contributed by atoms with Crippen molar-refractivity contribution in [3.05, 3.63) is 29.8 Å². The molecule has 0 saturated carbocycles. The fraction of sp³-hybridized carbons (Fsp3) is 0.364. The Morgan fingerprint density at radius 1 is 1.36 bits per heavy atom. The van der Waals surface area contributed by atoms with Crippen molar-refractivity contribution in [3.8, 4) is 5.75 Å². The molecule has 1 aromatic carbocycles. The molecule has 1 aliphatic rings. The number of ketones is 1. The highest BCUT2D eigenvalue weighted by Crippen LogP contribution is 2.27. The van der Waals surface area contributed by atoms with Crippen LogP contribution in [0.4, 0.5) is 0 Å². The fourth-order valence-corrected chi connectivity index (χ4v) is 1.81. The van der Waals surface area contributed by atoms with E-state index in [-0.39, 0.29) is 17.5 Å². The van der Waals surface area contributed by atoms with Crippen LogP contribution in [0.3, 0.4) is 0 Å². The van der Waals surface area contributed by atoms with Gasteiger partial charge in [-0.1, -0.05) is 18.2 Å². The van der Waals surface area contributed by atoms with Crippen molar-refractivity contribution >= 4 is 5.78 Å². The Balaban J connectivity index is 2.29. The third-order valence-electron chi connectivity index (χ3n) is 2.60. The van der Waals surface area contributed by atoms with Crippen molar-refractivity contribution in [2.45, 2.75) is 12.3 Å². The van der Waals surface area contributed by atoms with Crippen molar-refractivity contribution < 1.29 is 9.90 Å². The molecule has 0 aliphatic carbocycles. The van der Waals surface area contributed by atoms with Gasteiger partial charge in [-0.3, -0.25) is 4.79 Å². The van der Waals surface area contributed by atoms with E-state index in [1.807, 2.05) is 12.1 Å². The standard InChI is InChI=1S/C11H13NO2/c13-10-4-2-1-3-8(10)9-7-12-6-5-11(9)14/h1-4,9,12-13H,5-7H2. The summed E-state index contributed by atoms with van der Waals surface area (Å²) in [4.78, 5) is 11.6. The van der Waals surface area contributed by atoms with Gasteiger partial charge in [-0.05, 0) is 6.07 Å². The Bertz CT molecular complexity index is 349. The lowest BCUT2D eigenvalue weighted by molar-refractivity contribution is -0.121. The van der Waals surface area contributed by atoms with Gasteiger partial charge in [0.2, 0.25) is 0 Å². The molecule has 1 aliphatic heterocycles. The van der Waals surface area contributed by atoms with Crippen molar-refractivity contribution in [1.82, 2.24) is 5.32 Å². The maximum absolute atomic E-state index is 11.6. The monoisotopic (exact) mass is 191 g/mol. The highest BCUT2D eigenvalue weighted by Gasteiger charge is 2.25. The van der Waals surface area contributed by atoms with Gasteiger partial charge in [0.1, 0.15) is 11.5 Å². The van der Waals surface area contributed by atoms with Crippen molar-refractivity contribution in [1.29, 1.82) is 0 Å². The zero-order valence-corrected chi connectivity index (χ0v) is 7.86. The quantitative estimate of drug-likeness (QED) is 0.697. The van der Waals surface area contributed by atoms with Gasteiger partial charge >= 0.3 is 0 Å². The second kappa shape index (κ2) is 3.80. The second-order valence-corrected chi connectivity index (χ2v) is 3.53. The van der Waals surface area contributed by atoms with Crippen LogP contribution < -0.4 is 5.32 Å². The number of piperidine rings is 1. The van der Waals surface area contributed by atoms with E-state index >= 15 is 0 Å². The molecule has 1 heterocycles. The summed E-state index contributed by atoms with van der Waals surface area (Å²) >= 11 is 0. The Kier molecular flexibility index (Phi) is 2.50. The lowest BCUT2D eigenvalue weighted by Gasteiger charge is -2.22. The topological polar surface area (TPSA) is 49.3 Å². The van der Waals surface area contributed by atoms with E-state index in [4.69, 9.17) is 0 Å². The molecule has 0 radical (unpaired) electrons. The fourth-order valence-electron chi connectivity index (χ4n) is 1.81. The molecule has 0 spiro atoms. The molecule has 14 heavy (non-hydrogen) atoms. The summed E-state index contributed by atoms with van der Waals surface area (Å²) < 4.78 is 0. The minimum Gasteiger partial charge on any atom is -0.508 e. The van der Waals surface area contributed by atoms with E-state index in [0.29, 0.717) is 13.0 Å². The number of para-hydroxylation sites is 1. The molecule has 1 atom stereocenters. The van der Waals surface area contributed by atoms with Crippen LogP contribution in [0.15, 0.2) is 24.3 Å². The normalized spacial score (nSPS) is 22.3. The van der Waals surface area contributed by atoms with Crippen molar-refractivity contribution in [2.24, 2.45) is 0 Å². The number of rotatable bonds is 1. The van der Waals surface area contributed by atoms with Gasteiger partial charge in [-0.2, -0.15) is 0 Å². The third-order valence-corrected chi connectivity index (χ3v) is 2.60. The van der Waals surface area contributed by atoms with Crippen molar-refractivity contribution in [2.75, 3.05) is 13.1 Å². The van der Waals surface area contributed by atoms with Crippen LogP contribution in [0, 0.1) is 0 Å². The summed E-state index contributed by atoms with van der Waals surface area (Å²) in [5.74, 6) is 0.254. The van der Waals surface area contributed by atoms with Gasteiger partial charge in [0.05, 0.1) is 5.92 Å². The molecule has 2 N–H and O–H groups in total. The highest BCUT2D eigenvalue weighted by atomic mass is 16.3. The molecule has 1 fully saturated rings. The van der Waals surface area contributed by atoms with Crippen LogP contribution >= 0.6 is 0 Å². The van der Waals surface area contributed by atoms with Gasteiger partial charge < -0.3 is 10.4 Å². The number of phenolic OH excluding ortho intramolecular Hbond substituents is 1. The van der Waals surface area contributed by atoms with Crippen LogP contribution in [-0.4, -0.2) is 24.0 Å². The zero-order chi connectivity index (χ0) is 9.97. The number of benzene rings is 1. The number of Topliss-reactive ketones (excluding diaryl/α,β-unsaturated/α-hetero) is 1. The summed E-state index contributed by atoms with van der Waals surface area (Å²) in [5.41, 5.74) is 0.740. The molecule has 1 saturated heterocycles. The maximum atomic E-state index is 11.6. The first-order chi connectivity index (χ1) is 6.79. The summed E-state index contributed by atoms with van der Waals surface area (Å²) in [6.45, 7) is 1.39. The number of carbonyl (C=O) groups is 1. The molecule has 1 unspecified atom stereocenters. The molecule has 2 rings (SSSR count). The maximum Gasteiger partial charge on any atom is 0.143 e. The third kappa shape index (κ3) is 1.63. The van der Waals surface area contributed by atoms with Crippen LogP contribution in [0.5, 0.6) is 5.75 Å². The lowest BCUT2D eigenvalue weighted by atomic mass is 9.90. The minimum atomic E-state index is -0.176. The van der Waals surface area contributed by atoms with E-state index < -0.39 is 0 Å². The Morgan fingerprint density at radius 3 is 2.86 bits per heavy atom. The molecular formula is C11H13NO2. The van der Waals surface area contributed by atoms with E-state index in [1.54, 1.807) is 12.1 Å². The number of phenols is 1. The predicted octanol–water partition coefficient (Wildman–Crippen LogP) is 1.04. The Labute approximate surface area is 82.8 Å². The molecule has 74 valence electrons. The molecule has 3 nitrogen and oxygen atoms in total. The van der Waals surface area contributed by atoms with Crippen LogP contribution in [0.1, 0.15) is 17.9 Å². The van der Waals surface area contributed by atoms with Crippen molar-refractivity contribution in [3.63, 3.8) is 0 Å². The number of hydrogen-bond acceptors (Lipinski definition) is 3. The number of nitrogens with one attached hydrogen (secondary N) is 1. The van der Waals surface area contributed by atoms with Crippen LogP contribution in [-0.2, 0) is 4.79 Å². The van der Waals surface area contributed by atoms with E-state index in [2.05, 4.69) is 5.32 Å². The molecular weight excluding hydrogens is 178 g/mol. The summed E-state index contributed by atoms with van der Waals surface area (Å²) in [5, 5.41) is 12.8. The number of carbonyl (C=O) groups excluding carboxylic acids is 1. The minimum absolute atomic E-state index is 0.176. The molecule has 0 bridgehead atoms. The van der Waals surface area contributed by atoms with Gasteiger partial charge in [-0.25, -0.2) is 0 Å². The number of hydrogen-bond donors (Lipinski definition) is 2. The van der Waals surface area contributed by atoms with E-state index in [9.17, 15) is 9.90 Å². The zero-order valence-electron chi connectivity index (χ0n) is 7.86. The highest BCUT2D eigenvalue weighted by molar-refractivity contribution is 5.87. The first-order valence-electron chi connectivity index (χ1n) is 4.80. The van der Waals surface area contributed by atoms with E-state index in [0.717, 1.165) is 12.1 Å². The van der Waals surface area contributed by atoms with Gasteiger partial charge in [0.25, 0.3) is 0 Å². The lowest BCUT2D eigenvalue weighted by Crippen LogP contribution is -2.35. The average Bonchev–Trinajstić information content (AvgIpc) is 2.20. The molecule has 0 aromatic heterocycles. The summed E-state index contributed by atoms with van der Waals surface area (Å²) in [6, 6.07) is 7.04. The van der Waals surface area contributed by atoms with Gasteiger partial charge in [-0.15, -0.1) is 0 Å². The SMILES string of the molecule is O=C1CCNCC1c1ccccc1O. The predicted molar refractivity (Wildman–Crippen MR) is 53.3 cm³/mol. The molecule has 0 amide bonds. The average molecular weight is 191 g/mol. The van der Waals surface area contributed by atoms with Gasteiger partial charge in [0.15, 0.2) is 0 Å². The smallest absolute Gasteiger partial charge is 0.143 e. The van der Waals surface area contributed by atoms with Crippen LogP contribution in [0.25, 0.3) is 0 Å². The molecule has 3 heteroatoms. The van der Waals surface area contributed by atoms with Gasteiger partial charge in [0, 0.05) is 25.1 Å². The van der Waals surface area contributed by atoms with Crippen LogP contribution in [0.2, 0.25) is 0 Å². The summed E-state index contributed by atoms with van der Waals surface area (Å²) in [6.07, 6.45) is 0.555. The summed E-state index contributed by atoms with van der Waals surface area (Å²) in [7, 11) is 0. The Morgan fingerprint density at radius 2 is 2.14 bits per heavy atom.